The van der Waals surface area contributed by atoms with E-state index in [1.165, 1.54) is 0 Å². The van der Waals surface area contributed by atoms with Crippen molar-refractivity contribution in [2.75, 3.05) is 6.54 Å². The van der Waals surface area contributed by atoms with Crippen molar-refractivity contribution in [3.63, 3.8) is 0 Å². The average Bonchev–Trinajstić information content (AvgIpc) is 2.48. The summed E-state index contributed by atoms with van der Waals surface area (Å²) in [6.07, 6.45) is 0.898. The van der Waals surface area contributed by atoms with Gasteiger partial charge in [0.25, 0.3) is 0 Å². The molecule has 0 aromatic carbocycles. The molecule has 1 aliphatic heterocycles. The SMILES string of the molecule is CC1NCCCn2c(C(=O)O)nnc21. The molecule has 2 rings (SSSR count). The van der Waals surface area contributed by atoms with E-state index in [1.807, 2.05) is 6.92 Å². The molecule has 0 saturated heterocycles. The molecular weight excluding hydrogens is 184 g/mol. The number of aromatic carboxylic acids is 1. The van der Waals surface area contributed by atoms with Crippen LogP contribution in [0.15, 0.2) is 0 Å². The van der Waals surface area contributed by atoms with Crippen LogP contribution in [0.2, 0.25) is 0 Å². The summed E-state index contributed by atoms with van der Waals surface area (Å²) in [5, 5.41) is 19.7. The van der Waals surface area contributed by atoms with Gasteiger partial charge in [-0.15, -0.1) is 10.2 Å². The largest absolute Gasteiger partial charge is 0.475 e. The second-order valence-electron chi connectivity index (χ2n) is 3.37. The van der Waals surface area contributed by atoms with Crippen molar-refractivity contribution >= 4 is 5.97 Å². The number of nitrogens with zero attached hydrogens (tertiary/aromatic N) is 3. The van der Waals surface area contributed by atoms with E-state index in [4.69, 9.17) is 5.11 Å². The fourth-order valence-corrected chi connectivity index (χ4v) is 1.66. The summed E-state index contributed by atoms with van der Waals surface area (Å²) in [7, 11) is 0. The van der Waals surface area contributed by atoms with E-state index in [2.05, 4.69) is 15.5 Å². The van der Waals surface area contributed by atoms with Crippen molar-refractivity contribution in [2.45, 2.75) is 25.9 Å². The van der Waals surface area contributed by atoms with Crippen LogP contribution >= 0.6 is 0 Å². The quantitative estimate of drug-likeness (QED) is 0.662. The van der Waals surface area contributed by atoms with E-state index in [0.29, 0.717) is 12.4 Å². The van der Waals surface area contributed by atoms with E-state index in [9.17, 15) is 4.79 Å². The molecule has 1 aliphatic rings. The summed E-state index contributed by atoms with van der Waals surface area (Å²) in [6.45, 7) is 3.50. The predicted molar refractivity (Wildman–Crippen MR) is 48.0 cm³/mol. The first-order valence-electron chi connectivity index (χ1n) is 4.60. The molecule has 2 N–H and O–H groups in total. The molecule has 0 bridgehead atoms. The molecule has 0 aliphatic carbocycles. The molecule has 2 heterocycles. The number of hydrogen-bond acceptors (Lipinski definition) is 4. The van der Waals surface area contributed by atoms with Crippen LogP contribution < -0.4 is 5.32 Å². The Hall–Kier alpha value is -1.43. The van der Waals surface area contributed by atoms with Crippen molar-refractivity contribution in [2.24, 2.45) is 0 Å². The van der Waals surface area contributed by atoms with Crippen molar-refractivity contribution in [1.29, 1.82) is 0 Å². The van der Waals surface area contributed by atoms with Crippen LogP contribution in [0.4, 0.5) is 0 Å². The molecule has 0 fully saturated rings. The summed E-state index contributed by atoms with van der Waals surface area (Å²) in [6, 6.07) is 0.0677. The third-order valence-corrected chi connectivity index (χ3v) is 2.37. The molecule has 1 aromatic rings. The molecule has 76 valence electrons. The van der Waals surface area contributed by atoms with E-state index >= 15 is 0 Å². The lowest BCUT2D eigenvalue weighted by Gasteiger charge is -2.08. The molecule has 0 radical (unpaired) electrons. The van der Waals surface area contributed by atoms with Gasteiger partial charge in [-0.25, -0.2) is 4.79 Å². The normalized spacial score (nSPS) is 21.4. The maximum Gasteiger partial charge on any atom is 0.374 e. The highest BCUT2D eigenvalue weighted by Crippen LogP contribution is 2.15. The highest BCUT2D eigenvalue weighted by atomic mass is 16.4. The molecule has 0 spiro atoms. The fraction of sp³-hybridized carbons (Fsp3) is 0.625. The van der Waals surface area contributed by atoms with Crippen LogP contribution in [-0.2, 0) is 6.54 Å². The van der Waals surface area contributed by atoms with Gasteiger partial charge >= 0.3 is 5.97 Å². The molecule has 6 nitrogen and oxygen atoms in total. The molecule has 1 unspecified atom stereocenters. The Morgan fingerprint density at radius 1 is 1.64 bits per heavy atom. The fourth-order valence-electron chi connectivity index (χ4n) is 1.66. The van der Waals surface area contributed by atoms with Crippen LogP contribution in [0.3, 0.4) is 0 Å². The van der Waals surface area contributed by atoms with Gasteiger partial charge in [-0.2, -0.15) is 0 Å². The summed E-state index contributed by atoms with van der Waals surface area (Å²) in [5.74, 6) is -0.270. The first-order valence-corrected chi connectivity index (χ1v) is 4.60. The van der Waals surface area contributed by atoms with E-state index < -0.39 is 5.97 Å². The summed E-state index contributed by atoms with van der Waals surface area (Å²) < 4.78 is 1.67. The summed E-state index contributed by atoms with van der Waals surface area (Å²) in [5.41, 5.74) is 0. The third kappa shape index (κ3) is 1.37. The molecule has 0 saturated carbocycles. The minimum Gasteiger partial charge on any atom is -0.475 e. The second-order valence-corrected chi connectivity index (χ2v) is 3.37. The van der Waals surface area contributed by atoms with Crippen molar-refractivity contribution < 1.29 is 9.90 Å². The van der Waals surface area contributed by atoms with E-state index in [-0.39, 0.29) is 11.9 Å². The maximum atomic E-state index is 10.8. The van der Waals surface area contributed by atoms with E-state index in [0.717, 1.165) is 13.0 Å². The first kappa shape index (κ1) is 9.14. The number of rotatable bonds is 1. The van der Waals surface area contributed by atoms with Crippen molar-refractivity contribution in [1.82, 2.24) is 20.1 Å². The molecule has 1 atom stereocenters. The van der Waals surface area contributed by atoms with Gasteiger partial charge in [-0.1, -0.05) is 0 Å². The molecular formula is C8H12N4O2. The van der Waals surface area contributed by atoms with Gasteiger partial charge in [0.2, 0.25) is 5.82 Å². The van der Waals surface area contributed by atoms with Crippen molar-refractivity contribution in [3.05, 3.63) is 11.6 Å². The Morgan fingerprint density at radius 2 is 2.43 bits per heavy atom. The van der Waals surface area contributed by atoms with Gasteiger partial charge in [0.1, 0.15) is 5.82 Å². The second kappa shape index (κ2) is 3.38. The Morgan fingerprint density at radius 3 is 3.14 bits per heavy atom. The molecule has 0 amide bonds. The van der Waals surface area contributed by atoms with Gasteiger partial charge in [-0.3, -0.25) is 0 Å². The zero-order valence-electron chi connectivity index (χ0n) is 7.90. The number of carboxylic acids is 1. The predicted octanol–water partition coefficient (Wildman–Crippen LogP) is 0.0306. The van der Waals surface area contributed by atoms with Crippen LogP contribution in [0.25, 0.3) is 0 Å². The van der Waals surface area contributed by atoms with Crippen LogP contribution in [0.5, 0.6) is 0 Å². The third-order valence-electron chi connectivity index (χ3n) is 2.37. The Bertz CT molecular complexity index is 360. The monoisotopic (exact) mass is 196 g/mol. The smallest absolute Gasteiger partial charge is 0.374 e. The molecule has 6 heteroatoms. The van der Waals surface area contributed by atoms with Gasteiger partial charge in [0.05, 0.1) is 6.04 Å². The minimum atomic E-state index is -1.02. The number of carbonyl (C=O) groups is 1. The van der Waals surface area contributed by atoms with Gasteiger partial charge in [-0.05, 0) is 19.9 Å². The summed E-state index contributed by atoms with van der Waals surface area (Å²) >= 11 is 0. The van der Waals surface area contributed by atoms with Crippen molar-refractivity contribution in [3.8, 4) is 0 Å². The number of aromatic nitrogens is 3. The van der Waals surface area contributed by atoms with Gasteiger partial charge in [0, 0.05) is 6.54 Å². The van der Waals surface area contributed by atoms with Gasteiger partial charge in [0.15, 0.2) is 0 Å². The lowest BCUT2D eigenvalue weighted by Crippen LogP contribution is -2.19. The molecule has 1 aromatic heterocycles. The average molecular weight is 196 g/mol. The number of nitrogens with one attached hydrogen (secondary N) is 1. The number of carboxylic acid groups (broad SMARTS) is 1. The zero-order chi connectivity index (χ0) is 10.1. The Kier molecular flexibility index (Phi) is 2.20. The lowest BCUT2D eigenvalue weighted by molar-refractivity contribution is 0.0677. The molecule has 14 heavy (non-hydrogen) atoms. The lowest BCUT2D eigenvalue weighted by atomic mass is 10.3. The van der Waals surface area contributed by atoms with E-state index in [1.54, 1.807) is 4.57 Å². The van der Waals surface area contributed by atoms with Gasteiger partial charge < -0.3 is 15.0 Å². The Labute approximate surface area is 80.9 Å². The highest BCUT2D eigenvalue weighted by molar-refractivity contribution is 5.83. The standard InChI is InChI=1S/C8H12N4O2/c1-5-6-10-11-7(8(13)14)12(6)4-2-3-9-5/h5,9H,2-4H2,1H3,(H,13,14). The van der Waals surface area contributed by atoms with Crippen LogP contribution in [0, 0.1) is 0 Å². The highest BCUT2D eigenvalue weighted by Gasteiger charge is 2.22. The van der Waals surface area contributed by atoms with Crippen LogP contribution in [0.1, 0.15) is 35.8 Å². The zero-order valence-corrected chi connectivity index (χ0v) is 7.90. The Balaban J connectivity index is 2.44. The number of fused-ring (bicyclic) bond motifs is 1. The summed E-state index contributed by atoms with van der Waals surface area (Å²) in [4.78, 5) is 10.8. The topological polar surface area (TPSA) is 80.0 Å². The maximum absolute atomic E-state index is 10.8. The first-order chi connectivity index (χ1) is 6.70. The number of hydrogen-bond donors (Lipinski definition) is 2. The minimum absolute atomic E-state index is 0.0375. The van der Waals surface area contributed by atoms with Crippen LogP contribution in [-0.4, -0.2) is 32.4 Å².